The molecule has 0 saturated carbocycles. The monoisotopic (exact) mass is 377 g/mol. The number of halogens is 2. The van der Waals surface area contributed by atoms with E-state index >= 15 is 0 Å². The maximum atomic E-state index is 14.9. The van der Waals surface area contributed by atoms with Gasteiger partial charge in [-0.05, 0) is 31.0 Å². The first-order valence-corrected chi connectivity index (χ1v) is 8.36. The van der Waals surface area contributed by atoms with Gasteiger partial charge in [-0.15, -0.1) is 0 Å². The normalized spacial score (nSPS) is 15.5. The van der Waals surface area contributed by atoms with Gasteiger partial charge in [-0.25, -0.2) is 8.78 Å². The first-order chi connectivity index (χ1) is 12.8. The lowest BCUT2D eigenvalue weighted by atomic mass is 9.77. The molecule has 0 aliphatic carbocycles. The third-order valence-corrected chi connectivity index (χ3v) is 4.85. The van der Waals surface area contributed by atoms with Crippen LogP contribution < -0.4 is 20.1 Å². The molecule has 0 radical (unpaired) electrons. The fourth-order valence-electron chi connectivity index (χ4n) is 3.33. The third kappa shape index (κ3) is 2.90. The topological polar surface area (TPSA) is 77.7 Å². The highest BCUT2D eigenvalue weighted by Gasteiger charge is 2.43. The van der Waals surface area contributed by atoms with Crippen LogP contribution in [0, 0.1) is 11.6 Å². The number of nitrogens with two attached hydrogens (primary N) is 1. The number of carbonyl (C=O) groups excluding carboxylic acids is 1. The molecule has 144 valence electrons. The summed E-state index contributed by atoms with van der Waals surface area (Å²) in [5.41, 5.74) is 6.20. The van der Waals surface area contributed by atoms with Crippen LogP contribution in [0.5, 0.6) is 11.5 Å². The lowest BCUT2D eigenvalue weighted by molar-refractivity contribution is -0.123. The van der Waals surface area contributed by atoms with Crippen LogP contribution >= 0.6 is 0 Å². The predicted molar refractivity (Wildman–Crippen MR) is 95.8 cm³/mol. The Morgan fingerprint density at radius 3 is 2.30 bits per heavy atom. The zero-order valence-electron chi connectivity index (χ0n) is 15.6. The molecule has 1 amide bonds. The number of rotatable bonds is 4. The number of hydrogen-bond acceptors (Lipinski definition) is 5. The minimum absolute atomic E-state index is 0.0282. The molecular formula is C19H21F2N3O3. The van der Waals surface area contributed by atoms with Crippen molar-refractivity contribution in [3.05, 3.63) is 46.8 Å². The zero-order valence-corrected chi connectivity index (χ0v) is 15.6. The van der Waals surface area contributed by atoms with E-state index in [0.717, 1.165) is 16.5 Å². The summed E-state index contributed by atoms with van der Waals surface area (Å²) in [6, 6.07) is 2.88. The van der Waals surface area contributed by atoms with Crippen molar-refractivity contribution in [2.24, 2.45) is 5.73 Å². The lowest BCUT2D eigenvalue weighted by Gasteiger charge is -2.39. The summed E-state index contributed by atoms with van der Waals surface area (Å²) in [6.45, 7) is 3.61. The Labute approximate surface area is 155 Å². The van der Waals surface area contributed by atoms with Crippen molar-refractivity contribution in [2.45, 2.75) is 32.4 Å². The number of aromatic nitrogens is 1. The molecular weight excluding hydrogens is 356 g/mol. The smallest absolute Gasteiger partial charge is 0.237 e. The number of carbonyl (C=O) groups is 1. The highest BCUT2D eigenvalue weighted by Crippen LogP contribution is 2.42. The van der Waals surface area contributed by atoms with Gasteiger partial charge in [0.05, 0.1) is 31.9 Å². The lowest BCUT2D eigenvalue weighted by Crippen LogP contribution is -2.48. The Balaban J connectivity index is 2.21. The molecule has 1 aliphatic rings. The van der Waals surface area contributed by atoms with E-state index in [1.54, 1.807) is 26.1 Å². The number of anilines is 1. The zero-order chi connectivity index (χ0) is 19.9. The maximum Gasteiger partial charge on any atom is 0.237 e. The summed E-state index contributed by atoms with van der Waals surface area (Å²) in [5.74, 6) is -2.80. The number of methoxy groups -OCH3 is 2. The predicted octanol–water partition coefficient (Wildman–Crippen LogP) is 2.66. The van der Waals surface area contributed by atoms with E-state index in [1.807, 2.05) is 0 Å². The van der Waals surface area contributed by atoms with Crippen molar-refractivity contribution in [3.8, 4) is 11.5 Å². The minimum atomic E-state index is -1.02. The van der Waals surface area contributed by atoms with Crippen LogP contribution in [0.1, 0.15) is 30.7 Å². The molecule has 2 heterocycles. The van der Waals surface area contributed by atoms with E-state index in [4.69, 9.17) is 15.2 Å². The molecule has 8 heteroatoms. The second kappa shape index (κ2) is 6.77. The number of fused-ring (bicyclic) bond motifs is 1. The Morgan fingerprint density at radius 2 is 1.78 bits per heavy atom. The summed E-state index contributed by atoms with van der Waals surface area (Å²) < 4.78 is 39.8. The number of amides is 1. The van der Waals surface area contributed by atoms with Gasteiger partial charge in [0, 0.05) is 18.8 Å². The van der Waals surface area contributed by atoms with Crippen molar-refractivity contribution >= 4 is 11.6 Å². The van der Waals surface area contributed by atoms with E-state index in [1.165, 1.54) is 14.2 Å². The van der Waals surface area contributed by atoms with E-state index in [0.29, 0.717) is 11.3 Å². The quantitative estimate of drug-likeness (QED) is 0.886. The van der Waals surface area contributed by atoms with Crippen LogP contribution in [0.4, 0.5) is 14.5 Å². The van der Waals surface area contributed by atoms with Gasteiger partial charge in [0.2, 0.25) is 5.91 Å². The van der Waals surface area contributed by atoms with Crippen molar-refractivity contribution in [1.82, 2.24) is 4.98 Å². The Kier molecular flexibility index (Phi) is 4.77. The van der Waals surface area contributed by atoms with Crippen LogP contribution in [0.2, 0.25) is 0 Å². The molecule has 6 nitrogen and oxygen atoms in total. The molecule has 1 aromatic heterocycles. The van der Waals surface area contributed by atoms with E-state index in [-0.39, 0.29) is 24.6 Å². The first-order valence-electron chi connectivity index (χ1n) is 8.36. The van der Waals surface area contributed by atoms with Gasteiger partial charge in [-0.1, -0.05) is 0 Å². The third-order valence-electron chi connectivity index (χ3n) is 4.85. The minimum Gasteiger partial charge on any atom is -0.493 e. The second-order valence-electron chi connectivity index (χ2n) is 6.81. The molecule has 3 rings (SSSR count). The van der Waals surface area contributed by atoms with Crippen molar-refractivity contribution < 1.29 is 23.0 Å². The maximum absolute atomic E-state index is 14.9. The molecule has 0 unspecified atom stereocenters. The van der Waals surface area contributed by atoms with E-state index < -0.39 is 28.6 Å². The van der Waals surface area contributed by atoms with Crippen LogP contribution in [0.3, 0.4) is 0 Å². The Morgan fingerprint density at radius 1 is 1.19 bits per heavy atom. The average Bonchev–Trinajstić information content (AvgIpc) is 2.66. The fraction of sp³-hybridized carbons (Fsp3) is 0.368. The molecule has 0 saturated heterocycles. The molecule has 2 N–H and O–H groups in total. The average molecular weight is 377 g/mol. The Hall–Kier alpha value is -2.74. The van der Waals surface area contributed by atoms with Crippen molar-refractivity contribution in [2.75, 3.05) is 19.1 Å². The molecule has 2 aromatic rings. The van der Waals surface area contributed by atoms with Crippen molar-refractivity contribution in [1.29, 1.82) is 0 Å². The van der Waals surface area contributed by atoms with Crippen LogP contribution in [-0.4, -0.2) is 25.1 Å². The first kappa shape index (κ1) is 19.0. The number of ether oxygens (including phenoxy) is 2. The molecule has 0 atom stereocenters. The summed E-state index contributed by atoms with van der Waals surface area (Å²) >= 11 is 0. The van der Waals surface area contributed by atoms with Gasteiger partial charge in [-0.3, -0.25) is 9.78 Å². The molecule has 0 fully saturated rings. The molecule has 0 spiro atoms. The summed E-state index contributed by atoms with van der Waals surface area (Å²) in [4.78, 5) is 18.5. The van der Waals surface area contributed by atoms with Gasteiger partial charge in [0.1, 0.15) is 5.69 Å². The number of nitrogens with zero attached hydrogens (tertiary/aromatic N) is 2. The number of benzene rings is 1. The summed E-state index contributed by atoms with van der Waals surface area (Å²) in [5, 5.41) is 0. The van der Waals surface area contributed by atoms with Gasteiger partial charge >= 0.3 is 0 Å². The van der Waals surface area contributed by atoms with Gasteiger partial charge in [0.15, 0.2) is 23.1 Å². The number of hydrogen-bond donors (Lipinski definition) is 1. The molecule has 1 aromatic carbocycles. The summed E-state index contributed by atoms with van der Waals surface area (Å²) in [7, 11) is 2.52. The van der Waals surface area contributed by atoms with Crippen molar-refractivity contribution in [3.63, 3.8) is 0 Å². The highest BCUT2D eigenvalue weighted by atomic mass is 19.1. The standard InChI is InChI=1S/C19H21F2N3O3/c1-19(2)12-5-11(7-22)23-8-10(12)9-24(18(19)25)17-15(20)13(26-3)6-14(27-4)16(17)21/h5-6,8H,7,9,22H2,1-4H3. The fourth-order valence-corrected chi connectivity index (χ4v) is 3.33. The molecule has 0 bridgehead atoms. The number of pyridine rings is 1. The molecule has 1 aliphatic heterocycles. The van der Waals surface area contributed by atoms with Crippen LogP contribution in [-0.2, 0) is 23.3 Å². The highest BCUT2D eigenvalue weighted by molar-refractivity contribution is 6.02. The van der Waals surface area contributed by atoms with Gasteiger partial charge in [0.25, 0.3) is 0 Å². The van der Waals surface area contributed by atoms with Gasteiger partial charge < -0.3 is 20.1 Å². The molecule has 27 heavy (non-hydrogen) atoms. The van der Waals surface area contributed by atoms with E-state index in [9.17, 15) is 13.6 Å². The second-order valence-corrected chi connectivity index (χ2v) is 6.81. The van der Waals surface area contributed by atoms with Crippen LogP contribution in [0.25, 0.3) is 0 Å². The largest absolute Gasteiger partial charge is 0.493 e. The summed E-state index contributed by atoms with van der Waals surface area (Å²) in [6.07, 6.45) is 1.59. The van der Waals surface area contributed by atoms with E-state index in [2.05, 4.69) is 4.98 Å². The Bertz CT molecular complexity index is 887. The SMILES string of the molecule is COc1cc(OC)c(F)c(N2Cc3cnc(CN)cc3C(C)(C)C2=O)c1F. The van der Waals surface area contributed by atoms with Crippen LogP contribution in [0.15, 0.2) is 18.3 Å². The van der Waals surface area contributed by atoms with Gasteiger partial charge in [-0.2, -0.15) is 0 Å².